The van der Waals surface area contributed by atoms with Crippen LogP contribution >= 0.6 is 36.6 Å². The average molecular weight is 408 g/mol. The van der Waals surface area contributed by atoms with Crippen LogP contribution in [0, 0.1) is 0 Å². The van der Waals surface area contributed by atoms with Crippen molar-refractivity contribution in [3.8, 4) is 5.75 Å². The molecule has 25 heavy (non-hydrogen) atoms. The van der Waals surface area contributed by atoms with E-state index < -0.39 is 0 Å². The van der Waals surface area contributed by atoms with Crippen LogP contribution in [0.2, 0.25) is 0 Å². The van der Waals surface area contributed by atoms with Crippen LogP contribution in [-0.4, -0.2) is 71.1 Å². The van der Waals surface area contributed by atoms with Gasteiger partial charge in [-0.1, -0.05) is 12.1 Å². The van der Waals surface area contributed by atoms with Crippen LogP contribution in [0.3, 0.4) is 0 Å². The number of phenolic OH excluding ortho intramolecular Hbond substituents is 1. The van der Waals surface area contributed by atoms with E-state index >= 15 is 0 Å². The molecule has 2 saturated heterocycles. The second kappa shape index (κ2) is 11.1. The third kappa shape index (κ3) is 6.87. The molecule has 1 aromatic rings. The molecule has 2 N–H and O–H groups in total. The number of carbonyl (C=O) groups is 1. The van der Waals surface area contributed by atoms with Gasteiger partial charge in [0.05, 0.1) is 0 Å². The van der Waals surface area contributed by atoms with Gasteiger partial charge in [0.15, 0.2) is 0 Å². The first kappa shape index (κ1) is 22.4. The number of rotatable bonds is 4. The number of carbonyl (C=O) groups excluding carboxylic acids is 1. The van der Waals surface area contributed by atoms with Crippen LogP contribution in [0.15, 0.2) is 24.3 Å². The molecule has 5 nitrogen and oxygen atoms in total. The Hall–Kier alpha value is -0.660. The molecule has 142 valence electrons. The Labute approximate surface area is 166 Å². The summed E-state index contributed by atoms with van der Waals surface area (Å²) < 4.78 is 0. The summed E-state index contributed by atoms with van der Waals surface area (Å²) in [7, 11) is 0. The van der Waals surface area contributed by atoms with Crippen LogP contribution in [-0.2, 0) is 11.3 Å². The molecule has 2 heterocycles. The SMILES string of the molecule is Cl.Cl.O=C(CC1CSCCN1)N1CCN(Cc2cccc(O)c2)CC1. The summed E-state index contributed by atoms with van der Waals surface area (Å²) in [5.74, 6) is 2.79. The lowest BCUT2D eigenvalue weighted by atomic mass is 10.1. The quantitative estimate of drug-likeness (QED) is 0.798. The smallest absolute Gasteiger partial charge is 0.224 e. The van der Waals surface area contributed by atoms with Gasteiger partial charge in [-0.25, -0.2) is 0 Å². The molecule has 2 aliphatic rings. The summed E-state index contributed by atoms with van der Waals surface area (Å²) in [6.45, 7) is 5.25. The minimum atomic E-state index is 0. The van der Waals surface area contributed by atoms with E-state index in [0.717, 1.165) is 56.3 Å². The molecule has 1 amide bonds. The predicted octanol–water partition coefficient (Wildman–Crippen LogP) is 1.98. The van der Waals surface area contributed by atoms with E-state index in [2.05, 4.69) is 10.2 Å². The van der Waals surface area contributed by atoms with E-state index in [-0.39, 0.29) is 30.7 Å². The standard InChI is InChI=1S/C17H25N3O2S.2ClH/c21-16-3-1-2-14(10-16)12-19-5-7-20(8-6-19)17(22)11-15-13-23-9-4-18-15;;/h1-3,10,15,18,21H,4-9,11-13H2;2*1H. The van der Waals surface area contributed by atoms with Crippen molar-refractivity contribution in [3.05, 3.63) is 29.8 Å². The van der Waals surface area contributed by atoms with Crippen molar-refractivity contribution >= 4 is 42.5 Å². The lowest BCUT2D eigenvalue weighted by molar-refractivity contribution is -0.133. The lowest BCUT2D eigenvalue weighted by Gasteiger charge is -2.35. The third-order valence-electron chi connectivity index (χ3n) is 4.46. The van der Waals surface area contributed by atoms with Crippen molar-refractivity contribution in [2.45, 2.75) is 19.0 Å². The van der Waals surface area contributed by atoms with Crippen molar-refractivity contribution in [3.63, 3.8) is 0 Å². The molecule has 2 aliphatic heterocycles. The highest BCUT2D eigenvalue weighted by Crippen LogP contribution is 2.16. The van der Waals surface area contributed by atoms with Gasteiger partial charge in [0.1, 0.15) is 5.75 Å². The summed E-state index contributed by atoms with van der Waals surface area (Å²) in [5.41, 5.74) is 1.12. The van der Waals surface area contributed by atoms with Gasteiger partial charge < -0.3 is 15.3 Å². The number of hydrogen-bond donors (Lipinski definition) is 2. The number of nitrogens with zero attached hydrogens (tertiary/aromatic N) is 2. The van der Waals surface area contributed by atoms with Crippen LogP contribution in [0.25, 0.3) is 0 Å². The second-order valence-corrected chi connectivity index (χ2v) is 7.41. The second-order valence-electron chi connectivity index (χ2n) is 6.26. The maximum Gasteiger partial charge on any atom is 0.224 e. The molecule has 1 atom stereocenters. The van der Waals surface area contributed by atoms with Crippen molar-refractivity contribution in [1.82, 2.24) is 15.1 Å². The minimum absolute atomic E-state index is 0. The van der Waals surface area contributed by atoms with Crippen LogP contribution in [0.5, 0.6) is 5.75 Å². The molecule has 0 bridgehead atoms. The summed E-state index contributed by atoms with van der Waals surface area (Å²) in [6.07, 6.45) is 0.625. The Morgan fingerprint density at radius 2 is 2.00 bits per heavy atom. The van der Waals surface area contributed by atoms with E-state index in [0.29, 0.717) is 18.2 Å². The molecule has 3 rings (SSSR count). The molecular formula is C17H27Cl2N3O2S. The van der Waals surface area contributed by atoms with Crippen molar-refractivity contribution in [2.75, 3.05) is 44.2 Å². The van der Waals surface area contributed by atoms with E-state index in [1.165, 1.54) is 0 Å². The van der Waals surface area contributed by atoms with Gasteiger partial charge in [0.25, 0.3) is 0 Å². The summed E-state index contributed by atoms with van der Waals surface area (Å²) in [5, 5.41) is 13.0. The fourth-order valence-corrected chi connectivity index (χ4v) is 4.11. The van der Waals surface area contributed by atoms with Crippen molar-refractivity contribution in [2.24, 2.45) is 0 Å². The van der Waals surface area contributed by atoms with E-state index in [9.17, 15) is 9.90 Å². The van der Waals surface area contributed by atoms with Gasteiger partial charge in [-0.2, -0.15) is 11.8 Å². The first-order chi connectivity index (χ1) is 11.2. The highest BCUT2D eigenvalue weighted by atomic mass is 35.5. The lowest BCUT2D eigenvalue weighted by Crippen LogP contribution is -2.50. The molecule has 0 spiro atoms. The van der Waals surface area contributed by atoms with Gasteiger partial charge in [-0.15, -0.1) is 24.8 Å². The Balaban J connectivity index is 0.00000156. The number of amides is 1. The molecular weight excluding hydrogens is 381 g/mol. The number of nitrogens with one attached hydrogen (secondary N) is 1. The average Bonchev–Trinajstić information content (AvgIpc) is 2.56. The van der Waals surface area contributed by atoms with Gasteiger partial charge in [0.2, 0.25) is 5.91 Å². The zero-order valence-corrected chi connectivity index (χ0v) is 16.7. The van der Waals surface area contributed by atoms with Crippen LogP contribution in [0.4, 0.5) is 0 Å². The number of thioether (sulfide) groups is 1. The van der Waals surface area contributed by atoms with Crippen LogP contribution < -0.4 is 5.32 Å². The predicted molar refractivity (Wildman–Crippen MR) is 108 cm³/mol. The minimum Gasteiger partial charge on any atom is -0.508 e. The number of benzene rings is 1. The third-order valence-corrected chi connectivity index (χ3v) is 5.59. The number of hydrogen-bond acceptors (Lipinski definition) is 5. The Bertz CT molecular complexity index is 536. The van der Waals surface area contributed by atoms with E-state index in [1.807, 2.05) is 34.9 Å². The van der Waals surface area contributed by atoms with Crippen LogP contribution in [0.1, 0.15) is 12.0 Å². The highest BCUT2D eigenvalue weighted by molar-refractivity contribution is 7.99. The van der Waals surface area contributed by atoms with Crippen molar-refractivity contribution in [1.29, 1.82) is 0 Å². The normalized spacial score (nSPS) is 21.1. The van der Waals surface area contributed by atoms with E-state index in [4.69, 9.17) is 0 Å². The molecule has 0 radical (unpaired) electrons. The fourth-order valence-electron chi connectivity index (χ4n) is 3.16. The van der Waals surface area contributed by atoms with Crippen molar-refractivity contribution < 1.29 is 9.90 Å². The van der Waals surface area contributed by atoms with Gasteiger partial charge >= 0.3 is 0 Å². The van der Waals surface area contributed by atoms with Gasteiger partial charge in [0, 0.05) is 63.2 Å². The van der Waals surface area contributed by atoms with E-state index in [1.54, 1.807) is 6.07 Å². The monoisotopic (exact) mass is 407 g/mol. The number of halogens is 2. The maximum atomic E-state index is 12.4. The molecule has 1 aromatic carbocycles. The first-order valence-electron chi connectivity index (χ1n) is 8.30. The topological polar surface area (TPSA) is 55.8 Å². The maximum absolute atomic E-state index is 12.4. The zero-order chi connectivity index (χ0) is 16.1. The molecule has 8 heteroatoms. The summed E-state index contributed by atoms with van der Waals surface area (Å²) in [6, 6.07) is 7.75. The molecule has 0 saturated carbocycles. The Morgan fingerprint density at radius 1 is 1.24 bits per heavy atom. The molecule has 2 fully saturated rings. The number of phenols is 1. The van der Waals surface area contributed by atoms with Gasteiger partial charge in [-0.05, 0) is 17.7 Å². The highest BCUT2D eigenvalue weighted by Gasteiger charge is 2.24. The zero-order valence-electron chi connectivity index (χ0n) is 14.2. The number of piperazine rings is 1. The number of aromatic hydroxyl groups is 1. The first-order valence-corrected chi connectivity index (χ1v) is 9.45. The Kier molecular flexibility index (Phi) is 9.97. The Morgan fingerprint density at radius 3 is 2.64 bits per heavy atom. The summed E-state index contributed by atoms with van der Waals surface area (Å²) >= 11 is 1.93. The fraction of sp³-hybridized carbons (Fsp3) is 0.588. The largest absolute Gasteiger partial charge is 0.508 e. The molecule has 1 unspecified atom stereocenters. The summed E-state index contributed by atoms with van der Waals surface area (Å²) in [4.78, 5) is 16.7. The molecule has 0 aromatic heterocycles. The van der Waals surface area contributed by atoms with Gasteiger partial charge in [-0.3, -0.25) is 9.69 Å². The molecule has 0 aliphatic carbocycles.